The normalized spacial score (nSPS) is 17.6. The van der Waals surface area contributed by atoms with Crippen molar-refractivity contribution < 1.29 is 33.3 Å². The Morgan fingerprint density at radius 2 is 1.68 bits per heavy atom. The van der Waals surface area contributed by atoms with Gasteiger partial charge in [0.2, 0.25) is 5.78 Å². The first-order valence-corrected chi connectivity index (χ1v) is 9.12. The highest BCUT2D eigenvalue weighted by Gasteiger charge is 2.46. The van der Waals surface area contributed by atoms with Gasteiger partial charge in [-0.2, -0.15) is 0 Å². The van der Waals surface area contributed by atoms with E-state index in [1.807, 2.05) is 0 Å². The quantitative estimate of drug-likeness (QED) is 0.596. The average molecular weight is 391 g/mol. The van der Waals surface area contributed by atoms with Gasteiger partial charge >= 0.3 is 11.9 Å². The molecule has 0 saturated heterocycles. The zero-order valence-corrected chi connectivity index (χ0v) is 16.6. The molecule has 0 radical (unpaired) electrons. The lowest BCUT2D eigenvalue weighted by Crippen LogP contribution is -2.40. The van der Waals surface area contributed by atoms with Gasteiger partial charge in [-0.3, -0.25) is 14.6 Å². The molecule has 0 aliphatic carbocycles. The van der Waals surface area contributed by atoms with Crippen LogP contribution in [0.5, 0.6) is 11.5 Å². The molecule has 1 aromatic rings. The van der Waals surface area contributed by atoms with Crippen LogP contribution in [0.1, 0.15) is 49.0 Å². The molecular formula is C20H25NO7. The van der Waals surface area contributed by atoms with Crippen LogP contribution in [0.3, 0.4) is 0 Å². The molecule has 0 spiro atoms. The van der Waals surface area contributed by atoms with E-state index in [0.29, 0.717) is 23.5 Å². The number of carbonyl (C=O) groups is 3. The van der Waals surface area contributed by atoms with Gasteiger partial charge in [-0.25, -0.2) is 4.79 Å². The Hall–Kier alpha value is -2.90. The van der Waals surface area contributed by atoms with Crippen LogP contribution in [0.15, 0.2) is 17.1 Å². The van der Waals surface area contributed by atoms with E-state index in [4.69, 9.17) is 18.9 Å². The summed E-state index contributed by atoms with van der Waals surface area (Å²) in [5, 5.41) is 0. The average Bonchev–Trinajstić information content (AvgIpc) is 2.69. The van der Waals surface area contributed by atoms with Crippen LogP contribution >= 0.6 is 0 Å². The van der Waals surface area contributed by atoms with Crippen molar-refractivity contribution in [3.8, 4) is 11.5 Å². The van der Waals surface area contributed by atoms with Crippen LogP contribution in [0.4, 0.5) is 0 Å². The number of ketones is 1. The molecule has 1 aliphatic heterocycles. The number of aliphatic imine (C=N–C) groups is 1. The van der Waals surface area contributed by atoms with Crippen molar-refractivity contribution in [1.82, 2.24) is 0 Å². The van der Waals surface area contributed by atoms with Gasteiger partial charge in [0, 0.05) is 17.5 Å². The van der Waals surface area contributed by atoms with Crippen LogP contribution in [0, 0.1) is 0 Å². The zero-order chi connectivity index (χ0) is 20.7. The van der Waals surface area contributed by atoms with Crippen molar-refractivity contribution in [3.05, 3.63) is 23.3 Å². The van der Waals surface area contributed by atoms with E-state index >= 15 is 0 Å². The number of hydrogen-bond donors (Lipinski definition) is 0. The predicted octanol–water partition coefficient (Wildman–Crippen LogP) is 2.46. The highest BCUT2D eigenvalue weighted by atomic mass is 16.5. The van der Waals surface area contributed by atoms with E-state index in [2.05, 4.69) is 4.99 Å². The summed E-state index contributed by atoms with van der Waals surface area (Å²) in [7, 11) is 2.93. The van der Waals surface area contributed by atoms with Gasteiger partial charge in [-0.15, -0.1) is 0 Å². The summed E-state index contributed by atoms with van der Waals surface area (Å²) in [6, 6.07) is 3.10. The molecule has 1 aliphatic rings. The predicted molar refractivity (Wildman–Crippen MR) is 101 cm³/mol. The summed E-state index contributed by atoms with van der Waals surface area (Å²) in [5.74, 6) is -0.554. The third-order valence-corrected chi connectivity index (χ3v) is 4.47. The highest BCUT2D eigenvalue weighted by Crippen LogP contribution is 2.42. The number of benzene rings is 1. The van der Waals surface area contributed by atoms with Gasteiger partial charge in [-0.05, 0) is 38.8 Å². The highest BCUT2D eigenvalue weighted by molar-refractivity contribution is 6.37. The Bertz CT molecular complexity index is 787. The van der Waals surface area contributed by atoms with Crippen molar-refractivity contribution in [2.75, 3.05) is 27.4 Å². The van der Waals surface area contributed by atoms with E-state index in [0.717, 1.165) is 6.21 Å². The van der Waals surface area contributed by atoms with Crippen LogP contribution in [-0.4, -0.2) is 51.4 Å². The first kappa shape index (κ1) is 21.4. The van der Waals surface area contributed by atoms with Crippen molar-refractivity contribution >= 4 is 23.9 Å². The first-order chi connectivity index (χ1) is 13.4. The molecular weight excluding hydrogens is 366 g/mol. The van der Waals surface area contributed by atoms with Gasteiger partial charge in [0.1, 0.15) is 0 Å². The summed E-state index contributed by atoms with van der Waals surface area (Å²) in [4.78, 5) is 41.3. The molecule has 0 saturated carbocycles. The van der Waals surface area contributed by atoms with Crippen LogP contribution in [0.2, 0.25) is 0 Å². The molecule has 0 aromatic heterocycles. The molecule has 8 nitrogen and oxygen atoms in total. The Morgan fingerprint density at radius 1 is 1.04 bits per heavy atom. The lowest BCUT2D eigenvalue weighted by atomic mass is 9.79. The molecule has 152 valence electrons. The van der Waals surface area contributed by atoms with E-state index in [-0.39, 0.29) is 43.4 Å². The number of ether oxygens (including phenoxy) is 4. The summed E-state index contributed by atoms with van der Waals surface area (Å²) >= 11 is 0. The van der Waals surface area contributed by atoms with Gasteiger partial charge < -0.3 is 18.9 Å². The van der Waals surface area contributed by atoms with Gasteiger partial charge in [-0.1, -0.05) is 0 Å². The van der Waals surface area contributed by atoms with Crippen LogP contribution in [-0.2, 0) is 24.6 Å². The maximum absolute atomic E-state index is 12.9. The maximum atomic E-state index is 12.9. The number of methoxy groups -OCH3 is 2. The van der Waals surface area contributed by atoms with Gasteiger partial charge in [0.15, 0.2) is 17.0 Å². The number of Topliss-reactive ketones (excluding diaryl/α,β-unsaturated/α-hetero) is 1. The molecule has 0 amide bonds. The third kappa shape index (κ3) is 4.16. The largest absolute Gasteiger partial charge is 0.493 e. The van der Waals surface area contributed by atoms with E-state index in [1.165, 1.54) is 20.3 Å². The Morgan fingerprint density at radius 3 is 2.29 bits per heavy atom. The molecule has 0 bridgehead atoms. The van der Waals surface area contributed by atoms with Crippen molar-refractivity contribution in [2.45, 2.75) is 38.6 Å². The monoisotopic (exact) mass is 391 g/mol. The second-order valence-corrected chi connectivity index (χ2v) is 6.11. The summed E-state index contributed by atoms with van der Waals surface area (Å²) in [5.41, 5.74) is -0.775. The SMILES string of the molecule is CCOC(=O)CCCC1(C(=O)OCC)N=CC(=O)c2cc(OC)c(OC)cc21. The standard InChI is InChI=1S/C20H25NO7/c1-5-27-18(23)8-7-9-20(19(24)28-6-2)14-11-17(26-4)16(25-3)10-13(14)15(22)12-21-20/h10-12H,5-9H2,1-4H3. The number of fused-ring (bicyclic) bond motifs is 1. The second kappa shape index (κ2) is 9.34. The van der Waals surface area contributed by atoms with E-state index < -0.39 is 11.5 Å². The summed E-state index contributed by atoms with van der Waals surface area (Å²) in [6.07, 6.45) is 1.75. The minimum Gasteiger partial charge on any atom is -0.493 e. The third-order valence-electron chi connectivity index (χ3n) is 4.47. The smallest absolute Gasteiger partial charge is 0.338 e. The van der Waals surface area contributed by atoms with Crippen molar-refractivity contribution in [1.29, 1.82) is 0 Å². The Balaban J connectivity index is 2.50. The maximum Gasteiger partial charge on any atom is 0.338 e. The number of nitrogens with zero attached hydrogens (tertiary/aromatic N) is 1. The van der Waals surface area contributed by atoms with Crippen LogP contribution in [0.25, 0.3) is 0 Å². The lowest BCUT2D eigenvalue weighted by molar-refractivity contribution is -0.151. The van der Waals surface area contributed by atoms with E-state index in [9.17, 15) is 14.4 Å². The molecule has 2 rings (SSSR count). The molecule has 1 aromatic carbocycles. The molecule has 0 fully saturated rings. The Labute approximate surface area is 163 Å². The topological polar surface area (TPSA) is 100 Å². The van der Waals surface area contributed by atoms with E-state index in [1.54, 1.807) is 19.9 Å². The molecule has 8 heteroatoms. The Kier molecular flexibility index (Phi) is 7.14. The minimum absolute atomic E-state index is 0.126. The second-order valence-electron chi connectivity index (χ2n) is 6.11. The fourth-order valence-electron chi connectivity index (χ4n) is 3.17. The zero-order valence-electron chi connectivity index (χ0n) is 16.6. The number of esters is 2. The molecule has 28 heavy (non-hydrogen) atoms. The number of rotatable bonds is 9. The van der Waals surface area contributed by atoms with Gasteiger partial charge in [0.25, 0.3) is 0 Å². The summed E-state index contributed by atoms with van der Waals surface area (Å²) in [6.45, 7) is 3.86. The number of carbonyl (C=O) groups excluding carboxylic acids is 3. The molecule has 1 unspecified atom stereocenters. The lowest BCUT2D eigenvalue weighted by Gasteiger charge is -2.32. The minimum atomic E-state index is -1.44. The first-order valence-electron chi connectivity index (χ1n) is 9.12. The van der Waals surface area contributed by atoms with Crippen molar-refractivity contribution in [3.63, 3.8) is 0 Å². The van der Waals surface area contributed by atoms with Crippen LogP contribution < -0.4 is 9.47 Å². The van der Waals surface area contributed by atoms with Gasteiger partial charge in [0.05, 0.1) is 33.6 Å². The fourth-order valence-corrected chi connectivity index (χ4v) is 3.17. The fraction of sp³-hybridized carbons (Fsp3) is 0.500. The number of hydrogen-bond acceptors (Lipinski definition) is 8. The molecule has 1 atom stereocenters. The van der Waals surface area contributed by atoms with Crippen molar-refractivity contribution in [2.24, 2.45) is 4.99 Å². The summed E-state index contributed by atoms with van der Waals surface area (Å²) < 4.78 is 20.8. The molecule has 1 heterocycles. The molecule has 0 N–H and O–H groups in total.